The SMILES string of the molecule is Cc1cccc(-c2nnc(SCC(=O)N(C)c3ccccc3C(=O)NCc3ccco3)o2)c1. The fourth-order valence-electron chi connectivity index (χ4n) is 3.15. The molecule has 0 aliphatic heterocycles. The Morgan fingerprint density at radius 2 is 1.91 bits per heavy atom. The quantitative estimate of drug-likeness (QED) is 0.389. The molecule has 33 heavy (non-hydrogen) atoms. The molecule has 0 atom stereocenters. The third-order valence-corrected chi connectivity index (χ3v) is 5.68. The number of aryl methyl sites for hydroxylation is 1. The van der Waals surface area contributed by atoms with E-state index in [2.05, 4.69) is 15.5 Å². The first kappa shape index (κ1) is 22.3. The minimum absolute atomic E-state index is 0.0777. The van der Waals surface area contributed by atoms with Crippen molar-refractivity contribution >= 4 is 29.3 Å². The van der Waals surface area contributed by atoms with Crippen molar-refractivity contribution in [2.75, 3.05) is 17.7 Å². The van der Waals surface area contributed by atoms with Gasteiger partial charge < -0.3 is 19.1 Å². The van der Waals surface area contributed by atoms with E-state index in [1.807, 2.05) is 31.2 Å². The predicted octanol–water partition coefficient (Wildman–Crippen LogP) is 4.32. The summed E-state index contributed by atoms with van der Waals surface area (Å²) in [4.78, 5) is 27.0. The number of rotatable bonds is 8. The molecule has 0 spiro atoms. The number of nitrogens with one attached hydrogen (secondary N) is 1. The zero-order valence-corrected chi connectivity index (χ0v) is 19.0. The summed E-state index contributed by atoms with van der Waals surface area (Å²) in [5.74, 6) is 0.622. The van der Waals surface area contributed by atoms with Crippen molar-refractivity contribution in [3.63, 3.8) is 0 Å². The van der Waals surface area contributed by atoms with Gasteiger partial charge in [0.1, 0.15) is 5.76 Å². The number of hydrogen-bond donors (Lipinski definition) is 1. The molecule has 2 aromatic heterocycles. The van der Waals surface area contributed by atoms with Gasteiger partial charge in [0.05, 0.1) is 29.8 Å². The van der Waals surface area contributed by atoms with Gasteiger partial charge in [0.2, 0.25) is 11.8 Å². The second-order valence-corrected chi connectivity index (χ2v) is 8.19. The average Bonchev–Trinajstić information content (AvgIpc) is 3.53. The maximum Gasteiger partial charge on any atom is 0.277 e. The first-order valence-corrected chi connectivity index (χ1v) is 11.2. The number of amides is 2. The van der Waals surface area contributed by atoms with Crippen LogP contribution in [0.1, 0.15) is 21.7 Å². The molecule has 0 bridgehead atoms. The highest BCUT2D eigenvalue weighted by atomic mass is 32.2. The summed E-state index contributed by atoms with van der Waals surface area (Å²) in [6, 6.07) is 18.2. The molecular weight excluding hydrogens is 440 g/mol. The van der Waals surface area contributed by atoms with Gasteiger partial charge in [-0.2, -0.15) is 0 Å². The Morgan fingerprint density at radius 3 is 2.70 bits per heavy atom. The van der Waals surface area contributed by atoms with Crippen LogP contribution < -0.4 is 10.2 Å². The number of thioether (sulfide) groups is 1. The lowest BCUT2D eigenvalue weighted by Crippen LogP contribution is -2.31. The maximum absolute atomic E-state index is 12.8. The van der Waals surface area contributed by atoms with Crippen LogP contribution in [0.25, 0.3) is 11.5 Å². The van der Waals surface area contributed by atoms with Crippen LogP contribution in [0.15, 0.2) is 81.0 Å². The summed E-state index contributed by atoms with van der Waals surface area (Å²) in [6.45, 7) is 2.24. The molecule has 2 heterocycles. The molecule has 8 nitrogen and oxygen atoms in total. The Labute approximate surface area is 195 Å². The molecule has 0 saturated carbocycles. The molecule has 168 valence electrons. The molecule has 0 aliphatic carbocycles. The normalized spacial score (nSPS) is 10.7. The van der Waals surface area contributed by atoms with Crippen molar-refractivity contribution in [3.05, 3.63) is 83.8 Å². The number of benzene rings is 2. The van der Waals surface area contributed by atoms with Gasteiger partial charge in [-0.1, -0.05) is 41.6 Å². The van der Waals surface area contributed by atoms with E-state index in [0.29, 0.717) is 28.1 Å². The van der Waals surface area contributed by atoms with E-state index in [9.17, 15) is 9.59 Å². The van der Waals surface area contributed by atoms with Crippen molar-refractivity contribution < 1.29 is 18.4 Å². The maximum atomic E-state index is 12.8. The highest BCUT2D eigenvalue weighted by Crippen LogP contribution is 2.25. The van der Waals surface area contributed by atoms with Crippen LogP contribution in [0.2, 0.25) is 0 Å². The van der Waals surface area contributed by atoms with Crippen LogP contribution in [0.5, 0.6) is 0 Å². The zero-order valence-electron chi connectivity index (χ0n) is 18.1. The third-order valence-electron chi connectivity index (χ3n) is 4.88. The van der Waals surface area contributed by atoms with Gasteiger partial charge in [-0.15, -0.1) is 10.2 Å². The summed E-state index contributed by atoms with van der Waals surface area (Å²) in [6.07, 6.45) is 1.55. The Kier molecular flexibility index (Phi) is 6.89. The second-order valence-electron chi connectivity index (χ2n) is 7.26. The van der Waals surface area contributed by atoms with Crippen LogP contribution in [0.3, 0.4) is 0 Å². The number of para-hydroxylation sites is 1. The molecule has 0 aliphatic rings. The van der Waals surface area contributed by atoms with Gasteiger partial charge in [-0.05, 0) is 43.3 Å². The second kappa shape index (κ2) is 10.2. The lowest BCUT2D eigenvalue weighted by atomic mass is 10.1. The Bertz CT molecular complexity index is 1250. The van der Waals surface area contributed by atoms with Crippen LogP contribution in [0, 0.1) is 6.92 Å². The van der Waals surface area contributed by atoms with Gasteiger partial charge in [-0.25, -0.2) is 0 Å². The Balaban J connectivity index is 1.39. The van der Waals surface area contributed by atoms with Gasteiger partial charge >= 0.3 is 0 Å². The fraction of sp³-hybridized carbons (Fsp3) is 0.167. The summed E-state index contributed by atoms with van der Waals surface area (Å²) in [5.41, 5.74) is 2.81. The lowest BCUT2D eigenvalue weighted by Gasteiger charge is -2.20. The highest BCUT2D eigenvalue weighted by Gasteiger charge is 2.20. The number of aromatic nitrogens is 2. The summed E-state index contributed by atoms with van der Waals surface area (Å²) in [5, 5.41) is 11.2. The number of carbonyl (C=O) groups is 2. The van der Waals surface area contributed by atoms with Crippen molar-refractivity contribution in [1.29, 1.82) is 0 Å². The van der Waals surface area contributed by atoms with E-state index in [0.717, 1.165) is 22.9 Å². The van der Waals surface area contributed by atoms with Crippen LogP contribution in [0.4, 0.5) is 5.69 Å². The van der Waals surface area contributed by atoms with Crippen LogP contribution in [-0.4, -0.2) is 34.8 Å². The van der Waals surface area contributed by atoms with Gasteiger partial charge in [-0.3, -0.25) is 9.59 Å². The number of anilines is 1. The molecule has 0 unspecified atom stereocenters. The molecular formula is C24H22N4O4S. The van der Waals surface area contributed by atoms with Crippen molar-refractivity contribution in [2.24, 2.45) is 0 Å². The average molecular weight is 463 g/mol. The first-order chi connectivity index (χ1) is 16.0. The van der Waals surface area contributed by atoms with Crippen molar-refractivity contribution in [1.82, 2.24) is 15.5 Å². The van der Waals surface area contributed by atoms with Gasteiger partial charge in [0, 0.05) is 12.6 Å². The van der Waals surface area contributed by atoms with E-state index < -0.39 is 0 Å². The van der Waals surface area contributed by atoms with E-state index in [-0.39, 0.29) is 24.1 Å². The standard InChI is InChI=1S/C24H22N4O4S/c1-16-7-5-8-17(13-16)23-26-27-24(32-23)33-15-21(29)28(2)20-11-4-3-10-19(20)22(30)25-14-18-9-6-12-31-18/h3-13H,14-15H2,1-2H3,(H,25,30). The van der Waals surface area contributed by atoms with E-state index in [4.69, 9.17) is 8.83 Å². The molecule has 2 amide bonds. The predicted molar refractivity (Wildman–Crippen MR) is 125 cm³/mol. The van der Waals surface area contributed by atoms with E-state index in [1.165, 1.54) is 4.90 Å². The minimum Gasteiger partial charge on any atom is -0.467 e. The Hall–Kier alpha value is -3.85. The lowest BCUT2D eigenvalue weighted by molar-refractivity contribution is -0.115. The van der Waals surface area contributed by atoms with Gasteiger partial charge in [0.25, 0.3) is 11.1 Å². The summed E-state index contributed by atoms with van der Waals surface area (Å²) < 4.78 is 10.9. The number of hydrogen-bond acceptors (Lipinski definition) is 7. The van der Waals surface area contributed by atoms with E-state index in [1.54, 1.807) is 49.7 Å². The molecule has 9 heteroatoms. The molecule has 0 radical (unpaired) electrons. The molecule has 4 rings (SSSR count). The first-order valence-electron chi connectivity index (χ1n) is 10.2. The molecule has 4 aromatic rings. The van der Waals surface area contributed by atoms with Crippen molar-refractivity contribution in [2.45, 2.75) is 18.7 Å². The number of nitrogens with zero attached hydrogens (tertiary/aromatic N) is 3. The summed E-state index contributed by atoms with van der Waals surface area (Å²) in [7, 11) is 1.63. The summed E-state index contributed by atoms with van der Waals surface area (Å²) >= 11 is 1.15. The zero-order chi connectivity index (χ0) is 23.2. The molecule has 1 N–H and O–H groups in total. The smallest absolute Gasteiger partial charge is 0.277 e. The van der Waals surface area contributed by atoms with E-state index >= 15 is 0 Å². The molecule has 2 aromatic carbocycles. The molecule has 0 fully saturated rings. The van der Waals surface area contributed by atoms with Crippen LogP contribution >= 0.6 is 11.8 Å². The molecule has 0 saturated heterocycles. The van der Waals surface area contributed by atoms with Crippen LogP contribution in [-0.2, 0) is 11.3 Å². The highest BCUT2D eigenvalue weighted by molar-refractivity contribution is 7.99. The van der Waals surface area contributed by atoms with Crippen molar-refractivity contribution in [3.8, 4) is 11.5 Å². The van der Waals surface area contributed by atoms with Gasteiger partial charge in [0.15, 0.2) is 0 Å². The largest absolute Gasteiger partial charge is 0.467 e. The third kappa shape index (κ3) is 5.50. The Morgan fingerprint density at radius 1 is 1.06 bits per heavy atom. The number of furan rings is 1. The minimum atomic E-state index is -0.297. The monoisotopic (exact) mass is 462 g/mol. The number of carbonyl (C=O) groups excluding carboxylic acids is 2. The fourth-order valence-corrected chi connectivity index (χ4v) is 3.83. The topological polar surface area (TPSA) is 101 Å².